The maximum atomic E-state index is 13.0. The molecule has 1 amide bonds. The molecule has 4 heteroatoms. The first-order valence-corrected chi connectivity index (χ1v) is 9.69. The van der Waals surface area contributed by atoms with E-state index in [9.17, 15) is 4.79 Å². The molecule has 0 unspecified atom stereocenters. The molecule has 0 saturated carbocycles. The average molecular weight is 373 g/mol. The first kappa shape index (κ1) is 17.3. The molecule has 134 valence electrons. The van der Waals surface area contributed by atoms with E-state index in [1.54, 1.807) is 11.3 Å². The fourth-order valence-electron chi connectivity index (χ4n) is 3.09. The summed E-state index contributed by atoms with van der Waals surface area (Å²) in [5, 5.41) is 5.04. The first-order chi connectivity index (χ1) is 13.3. The molecule has 2 aromatic carbocycles. The minimum atomic E-state index is -0.348. The molecule has 0 spiro atoms. The number of thiophene rings is 1. The van der Waals surface area contributed by atoms with Gasteiger partial charge >= 0.3 is 0 Å². The smallest absolute Gasteiger partial charge is 0.232 e. The van der Waals surface area contributed by atoms with Crippen LogP contribution in [0.15, 0.2) is 94.7 Å². The fraction of sp³-hybridized carbons (Fsp3) is 0.0870. The predicted molar refractivity (Wildman–Crippen MR) is 109 cm³/mol. The molecule has 2 heterocycles. The van der Waals surface area contributed by atoms with Crippen LogP contribution in [0.25, 0.3) is 10.6 Å². The van der Waals surface area contributed by atoms with Crippen molar-refractivity contribution in [3.63, 3.8) is 0 Å². The fourth-order valence-corrected chi connectivity index (χ4v) is 3.77. The lowest BCUT2D eigenvalue weighted by atomic mass is 9.90. The second kappa shape index (κ2) is 8.06. The second-order valence-corrected chi connectivity index (χ2v) is 7.16. The van der Waals surface area contributed by atoms with Gasteiger partial charge in [0.15, 0.2) is 0 Å². The van der Waals surface area contributed by atoms with E-state index in [4.69, 9.17) is 4.42 Å². The van der Waals surface area contributed by atoms with E-state index < -0.39 is 0 Å². The molecule has 4 aromatic rings. The zero-order chi connectivity index (χ0) is 18.5. The molecule has 0 aliphatic carbocycles. The normalized spacial score (nSPS) is 10.9. The molecule has 0 fully saturated rings. The van der Waals surface area contributed by atoms with Gasteiger partial charge in [0.2, 0.25) is 5.91 Å². The van der Waals surface area contributed by atoms with Crippen molar-refractivity contribution in [3.05, 3.63) is 107 Å². The molecule has 1 N–H and O–H groups in total. The van der Waals surface area contributed by atoms with Crippen LogP contribution < -0.4 is 5.32 Å². The Labute approximate surface area is 162 Å². The third-order valence-electron chi connectivity index (χ3n) is 4.39. The van der Waals surface area contributed by atoms with Crippen LogP contribution in [0, 0.1) is 0 Å². The van der Waals surface area contributed by atoms with Gasteiger partial charge in [-0.1, -0.05) is 66.7 Å². The van der Waals surface area contributed by atoms with Crippen LogP contribution in [-0.2, 0) is 11.3 Å². The molecule has 0 aliphatic rings. The van der Waals surface area contributed by atoms with E-state index >= 15 is 0 Å². The van der Waals surface area contributed by atoms with Crippen LogP contribution in [0.3, 0.4) is 0 Å². The largest absolute Gasteiger partial charge is 0.458 e. The number of amides is 1. The summed E-state index contributed by atoms with van der Waals surface area (Å²) in [5.74, 6) is 1.18. The quantitative estimate of drug-likeness (QED) is 0.488. The zero-order valence-electron chi connectivity index (χ0n) is 14.7. The monoisotopic (exact) mass is 373 g/mol. The number of benzene rings is 2. The maximum Gasteiger partial charge on any atom is 0.232 e. The number of hydrogen-bond acceptors (Lipinski definition) is 3. The van der Waals surface area contributed by atoms with Crippen molar-refractivity contribution < 1.29 is 9.21 Å². The van der Waals surface area contributed by atoms with Gasteiger partial charge in [0.1, 0.15) is 11.5 Å². The van der Waals surface area contributed by atoms with Gasteiger partial charge in [-0.25, -0.2) is 0 Å². The summed E-state index contributed by atoms with van der Waals surface area (Å²) in [6, 6.07) is 27.6. The van der Waals surface area contributed by atoms with E-state index in [0.717, 1.165) is 27.5 Å². The molecule has 0 bridgehead atoms. The van der Waals surface area contributed by atoms with Crippen LogP contribution in [-0.4, -0.2) is 5.91 Å². The van der Waals surface area contributed by atoms with Crippen LogP contribution in [0.5, 0.6) is 0 Å². The Morgan fingerprint density at radius 2 is 1.52 bits per heavy atom. The number of hydrogen-bond donors (Lipinski definition) is 1. The number of furan rings is 1. The van der Waals surface area contributed by atoms with Crippen LogP contribution in [0.2, 0.25) is 0 Å². The van der Waals surface area contributed by atoms with Crippen LogP contribution in [0.4, 0.5) is 0 Å². The van der Waals surface area contributed by atoms with Crippen molar-refractivity contribution in [2.75, 3.05) is 0 Å². The highest BCUT2D eigenvalue weighted by Gasteiger charge is 2.22. The Morgan fingerprint density at radius 3 is 2.11 bits per heavy atom. The zero-order valence-corrected chi connectivity index (χ0v) is 15.5. The third kappa shape index (κ3) is 4.01. The van der Waals surface area contributed by atoms with Crippen LogP contribution >= 0.6 is 11.3 Å². The summed E-state index contributed by atoms with van der Waals surface area (Å²) in [6.07, 6.45) is 0. The molecule has 27 heavy (non-hydrogen) atoms. The summed E-state index contributed by atoms with van der Waals surface area (Å²) < 4.78 is 5.87. The van der Waals surface area contributed by atoms with E-state index in [2.05, 4.69) is 5.32 Å². The maximum absolute atomic E-state index is 13.0. The number of rotatable bonds is 6. The lowest BCUT2D eigenvalue weighted by Crippen LogP contribution is -2.29. The summed E-state index contributed by atoms with van der Waals surface area (Å²) in [5.41, 5.74) is 1.94. The summed E-state index contributed by atoms with van der Waals surface area (Å²) in [4.78, 5) is 14.1. The minimum absolute atomic E-state index is 0.0403. The molecule has 2 aromatic heterocycles. The van der Waals surface area contributed by atoms with E-state index in [1.807, 2.05) is 90.3 Å². The van der Waals surface area contributed by atoms with Crippen molar-refractivity contribution >= 4 is 17.2 Å². The standard InChI is InChI=1S/C23H19NO2S/c25-23(24-16-19-13-14-20(26-19)21-12-7-15-27-21)22(17-8-3-1-4-9-17)18-10-5-2-6-11-18/h1-15,22H,16H2,(H,24,25). The van der Waals surface area contributed by atoms with Gasteiger partial charge in [-0.2, -0.15) is 0 Å². The van der Waals surface area contributed by atoms with Gasteiger partial charge in [0.25, 0.3) is 0 Å². The average Bonchev–Trinajstić information content (AvgIpc) is 3.40. The number of carbonyl (C=O) groups is 1. The number of nitrogens with one attached hydrogen (secondary N) is 1. The lowest BCUT2D eigenvalue weighted by Gasteiger charge is -2.17. The Balaban J connectivity index is 1.51. The highest BCUT2D eigenvalue weighted by molar-refractivity contribution is 7.13. The van der Waals surface area contributed by atoms with Gasteiger partial charge < -0.3 is 9.73 Å². The van der Waals surface area contributed by atoms with Gasteiger partial charge in [0.05, 0.1) is 17.3 Å². The van der Waals surface area contributed by atoms with Crippen molar-refractivity contribution in [2.45, 2.75) is 12.5 Å². The Morgan fingerprint density at radius 1 is 0.852 bits per heavy atom. The van der Waals surface area contributed by atoms with E-state index in [-0.39, 0.29) is 11.8 Å². The molecule has 0 aliphatic heterocycles. The topological polar surface area (TPSA) is 42.2 Å². The molecule has 0 radical (unpaired) electrons. The number of carbonyl (C=O) groups excluding carboxylic acids is 1. The molecule has 4 rings (SSSR count). The van der Waals surface area contributed by atoms with E-state index in [0.29, 0.717) is 6.54 Å². The third-order valence-corrected chi connectivity index (χ3v) is 5.27. The van der Waals surface area contributed by atoms with Gasteiger partial charge in [-0.15, -0.1) is 11.3 Å². The summed E-state index contributed by atoms with van der Waals surface area (Å²) >= 11 is 1.63. The second-order valence-electron chi connectivity index (χ2n) is 6.22. The van der Waals surface area contributed by atoms with Crippen molar-refractivity contribution in [3.8, 4) is 10.6 Å². The summed E-state index contributed by atoms with van der Waals surface area (Å²) in [6.45, 7) is 0.361. The Bertz CT molecular complexity index is 952. The van der Waals surface area contributed by atoms with Gasteiger partial charge in [-0.05, 0) is 34.7 Å². The Hall–Kier alpha value is -3.11. The molecule has 3 nitrogen and oxygen atoms in total. The lowest BCUT2D eigenvalue weighted by molar-refractivity contribution is -0.121. The SMILES string of the molecule is O=C(NCc1ccc(-c2cccs2)o1)C(c1ccccc1)c1ccccc1. The molecule has 0 atom stereocenters. The molecule has 0 saturated heterocycles. The van der Waals surface area contributed by atoms with Crippen molar-refractivity contribution in [1.29, 1.82) is 0 Å². The minimum Gasteiger partial charge on any atom is -0.458 e. The molecular weight excluding hydrogens is 354 g/mol. The van der Waals surface area contributed by atoms with Crippen LogP contribution in [0.1, 0.15) is 22.8 Å². The first-order valence-electron chi connectivity index (χ1n) is 8.81. The Kier molecular flexibility index (Phi) is 5.17. The molecular formula is C23H19NO2S. The van der Waals surface area contributed by atoms with Crippen molar-refractivity contribution in [2.24, 2.45) is 0 Å². The summed E-state index contributed by atoms with van der Waals surface area (Å²) in [7, 11) is 0. The van der Waals surface area contributed by atoms with E-state index in [1.165, 1.54) is 0 Å². The predicted octanol–water partition coefficient (Wildman–Crippen LogP) is 5.46. The highest BCUT2D eigenvalue weighted by Crippen LogP contribution is 2.27. The van der Waals surface area contributed by atoms with Gasteiger partial charge in [0, 0.05) is 0 Å². The van der Waals surface area contributed by atoms with Gasteiger partial charge in [-0.3, -0.25) is 4.79 Å². The highest BCUT2D eigenvalue weighted by atomic mass is 32.1. The van der Waals surface area contributed by atoms with Crippen molar-refractivity contribution in [1.82, 2.24) is 5.32 Å².